The number of hydrogen-bond acceptors (Lipinski definition) is 2. The molecule has 0 spiro atoms. The van der Waals surface area contributed by atoms with Gasteiger partial charge < -0.3 is 15.4 Å². The van der Waals surface area contributed by atoms with Crippen molar-refractivity contribution in [3.8, 4) is 0 Å². The molecule has 2 aliphatic carbocycles. The van der Waals surface area contributed by atoms with Crippen molar-refractivity contribution in [2.75, 3.05) is 14.2 Å². The van der Waals surface area contributed by atoms with Gasteiger partial charge in [0.25, 0.3) is 0 Å². The third-order valence-corrected chi connectivity index (χ3v) is 5.43. The summed E-state index contributed by atoms with van der Waals surface area (Å²) in [5, 5.41) is 0. The van der Waals surface area contributed by atoms with Crippen LogP contribution in [0.1, 0.15) is 46.5 Å². The number of nitrogens with two attached hydrogens (primary N) is 1. The van der Waals surface area contributed by atoms with E-state index in [1.165, 1.54) is 12.8 Å². The SMILES string of the molecule is CCC1(CC)C(N=C(N)N(C)C2CC2)C(C)C1OC.I. The molecule has 0 amide bonds. The Balaban J connectivity index is 0.00000200. The molecular weight excluding hydrogens is 365 g/mol. The van der Waals surface area contributed by atoms with E-state index in [1.807, 2.05) is 7.11 Å². The van der Waals surface area contributed by atoms with Crippen LogP contribution in [0.5, 0.6) is 0 Å². The molecule has 5 heteroatoms. The molecule has 2 N–H and O–H groups in total. The van der Waals surface area contributed by atoms with Gasteiger partial charge in [-0.25, -0.2) is 4.99 Å². The van der Waals surface area contributed by atoms with Gasteiger partial charge >= 0.3 is 0 Å². The molecule has 0 aromatic rings. The van der Waals surface area contributed by atoms with Crippen LogP contribution in [0.4, 0.5) is 0 Å². The molecule has 3 unspecified atom stereocenters. The van der Waals surface area contributed by atoms with Crippen LogP contribution in [0.3, 0.4) is 0 Å². The van der Waals surface area contributed by atoms with Gasteiger partial charge in [-0.1, -0.05) is 20.8 Å². The zero-order valence-electron chi connectivity index (χ0n) is 13.4. The van der Waals surface area contributed by atoms with E-state index in [0.717, 1.165) is 12.8 Å². The first-order valence-electron chi connectivity index (χ1n) is 7.60. The second kappa shape index (κ2) is 6.81. The minimum Gasteiger partial charge on any atom is -0.380 e. The molecule has 0 aliphatic heterocycles. The van der Waals surface area contributed by atoms with E-state index in [-0.39, 0.29) is 29.4 Å². The minimum atomic E-state index is 0. The van der Waals surface area contributed by atoms with E-state index in [4.69, 9.17) is 15.5 Å². The Morgan fingerprint density at radius 2 is 1.90 bits per heavy atom. The fraction of sp³-hybridized carbons (Fsp3) is 0.933. The summed E-state index contributed by atoms with van der Waals surface area (Å²) in [6.07, 6.45) is 5.01. The number of guanidine groups is 1. The van der Waals surface area contributed by atoms with Crippen LogP contribution < -0.4 is 5.73 Å². The molecule has 2 fully saturated rings. The molecule has 4 nitrogen and oxygen atoms in total. The van der Waals surface area contributed by atoms with E-state index < -0.39 is 0 Å². The van der Waals surface area contributed by atoms with Gasteiger partial charge in [0.15, 0.2) is 5.96 Å². The number of hydrogen-bond donors (Lipinski definition) is 1. The Bertz CT molecular complexity index is 353. The van der Waals surface area contributed by atoms with Crippen molar-refractivity contribution in [2.45, 2.75) is 64.6 Å². The summed E-state index contributed by atoms with van der Waals surface area (Å²) in [5.74, 6) is 1.16. The largest absolute Gasteiger partial charge is 0.380 e. The summed E-state index contributed by atoms with van der Waals surface area (Å²) in [6.45, 7) is 6.71. The van der Waals surface area contributed by atoms with E-state index >= 15 is 0 Å². The van der Waals surface area contributed by atoms with E-state index in [1.54, 1.807) is 0 Å². The van der Waals surface area contributed by atoms with Crippen molar-refractivity contribution in [1.29, 1.82) is 0 Å². The molecule has 3 atom stereocenters. The van der Waals surface area contributed by atoms with Crippen LogP contribution in [0.2, 0.25) is 0 Å². The van der Waals surface area contributed by atoms with Crippen molar-refractivity contribution in [2.24, 2.45) is 22.1 Å². The zero-order valence-corrected chi connectivity index (χ0v) is 15.8. The monoisotopic (exact) mass is 395 g/mol. The summed E-state index contributed by atoms with van der Waals surface area (Å²) in [7, 11) is 3.88. The fourth-order valence-electron chi connectivity index (χ4n) is 3.91. The molecular formula is C15H30IN3O. The van der Waals surface area contributed by atoms with E-state index in [9.17, 15) is 0 Å². The predicted molar refractivity (Wildman–Crippen MR) is 94.6 cm³/mol. The molecule has 0 aromatic heterocycles. The maximum Gasteiger partial charge on any atom is 0.191 e. The highest BCUT2D eigenvalue weighted by Crippen LogP contribution is 2.54. The summed E-state index contributed by atoms with van der Waals surface area (Å²) < 4.78 is 5.70. The quantitative estimate of drug-likeness (QED) is 0.443. The van der Waals surface area contributed by atoms with Crippen molar-refractivity contribution in [3.05, 3.63) is 0 Å². The maximum absolute atomic E-state index is 6.18. The van der Waals surface area contributed by atoms with Crippen LogP contribution in [0.25, 0.3) is 0 Å². The average Bonchev–Trinajstić information content (AvgIpc) is 3.24. The third kappa shape index (κ3) is 2.80. The second-order valence-electron chi connectivity index (χ2n) is 6.23. The Morgan fingerprint density at radius 3 is 2.30 bits per heavy atom. The lowest BCUT2D eigenvalue weighted by Gasteiger charge is -2.58. The van der Waals surface area contributed by atoms with Gasteiger partial charge in [-0.3, -0.25) is 0 Å². The molecule has 2 rings (SSSR count). The molecule has 0 heterocycles. The predicted octanol–water partition coefficient (Wildman–Crippen LogP) is 2.85. The van der Waals surface area contributed by atoms with Crippen LogP contribution in [-0.4, -0.2) is 43.2 Å². The maximum atomic E-state index is 6.18. The van der Waals surface area contributed by atoms with E-state index in [0.29, 0.717) is 30.1 Å². The summed E-state index contributed by atoms with van der Waals surface area (Å²) in [4.78, 5) is 7.00. The van der Waals surface area contributed by atoms with Gasteiger partial charge in [0.05, 0.1) is 12.1 Å². The highest BCUT2D eigenvalue weighted by Gasteiger charge is 2.58. The Morgan fingerprint density at radius 1 is 1.35 bits per heavy atom. The lowest BCUT2D eigenvalue weighted by Crippen LogP contribution is -2.63. The van der Waals surface area contributed by atoms with Crippen molar-refractivity contribution in [1.82, 2.24) is 4.90 Å². The molecule has 2 saturated carbocycles. The Kier molecular flexibility index (Phi) is 6.14. The summed E-state index contributed by atoms with van der Waals surface area (Å²) in [6, 6.07) is 0.920. The lowest BCUT2D eigenvalue weighted by molar-refractivity contribution is -0.156. The van der Waals surface area contributed by atoms with Gasteiger partial charge in [0.1, 0.15) is 0 Å². The molecule has 0 saturated heterocycles. The highest BCUT2D eigenvalue weighted by molar-refractivity contribution is 14.0. The Hall–Kier alpha value is -0.0400. The van der Waals surface area contributed by atoms with Crippen LogP contribution >= 0.6 is 24.0 Å². The average molecular weight is 395 g/mol. The first kappa shape index (κ1) is 18.0. The first-order valence-corrected chi connectivity index (χ1v) is 7.60. The van der Waals surface area contributed by atoms with Crippen molar-refractivity contribution >= 4 is 29.9 Å². The number of rotatable bonds is 5. The molecule has 118 valence electrons. The van der Waals surface area contributed by atoms with Gasteiger partial charge in [0, 0.05) is 31.5 Å². The van der Waals surface area contributed by atoms with Gasteiger partial charge in [-0.2, -0.15) is 0 Å². The molecule has 2 aliphatic rings. The first-order chi connectivity index (χ1) is 9.01. The Labute approximate surface area is 140 Å². The standard InChI is InChI=1S/C15H29N3O.HI/c1-6-15(7-2)12(10(3)13(15)19-5)17-14(16)18(4)11-8-9-11;/h10-13H,6-9H2,1-5H3,(H2,16,17);1H. The van der Waals surface area contributed by atoms with Gasteiger partial charge in [0.2, 0.25) is 0 Å². The third-order valence-electron chi connectivity index (χ3n) is 5.43. The second-order valence-corrected chi connectivity index (χ2v) is 6.23. The van der Waals surface area contributed by atoms with Crippen molar-refractivity contribution in [3.63, 3.8) is 0 Å². The van der Waals surface area contributed by atoms with Crippen molar-refractivity contribution < 1.29 is 4.74 Å². The van der Waals surface area contributed by atoms with Crippen LogP contribution in [-0.2, 0) is 4.74 Å². The zero-order chi connectivity index (χ0) is 14.2. The molecule has 0 radical (unpaired) electrons. The molecule has 0 bridgehead atoms. The lowest BCUT2D eigenvalue weighted by atomic mass is 9.53. The number of methoxy groups -OCH3 is 1. The number of ether oxygens (including phenoxy) is 1. The minimum absolute atomic E-state index is 0. The van der Waals surface area contributed by atoms with Crippen LogP contribution in [0.15, 0.2) is 4.99 Å². The summed E-state index contributed by atoms with van der Waals surface area (Å²) in [5.41, 5.74) is 6.35. The number of aliphatic imine (C=N–C) groups is 1. The topological polar surface area (TPSA) is 50.8 Å². The number of halogens is 1. The normalized spacial score (nSPS) is 32.2. The van der Waals surface area contributed by atoms with E-state index in [2.05, 4.69) is 32.7 Å². The van der Waals surface area contributed by atoms with Crippen LogP contribution in [0, 0.1) is 11.3 Å². The van der Waals surface area contributed by atoms with Gasteiger partial charge in [-0.15, -0.1) is 24.0 Å². The smallest absolute Gasteiger partial charge is 0.191 e. The molecule has 0 aromatic carbocycles. The molecule has 20 heavy (non-hydrogen) atoms. The van der Waals surface area contributed by atoms with Gasteiger partial charge in [-0.05, 0) is 25.7 Å². The number of nitrogens with zero attached hydrogens (tertiary/aromatic N) is 2. The summed E-state index contributed by atoms with van der Waals surface area (Å²) >= 11 is 0. The fourth-order valence-corrected chi connectivity index (χ4v) is 3.91. The highest BCUT2D eigenvalue weighted by atomic mass is 127.